The van der Waals surface area contributed by atoms with Crippen molar-refractivity contribution in [2.24, 2.45) is 0 Å². The van der Waals surface area contributed by atoms with Gasteiger partial charge in [-0.3, -0.25) is 9.36 Å². The van der Waals surface area contributed by atoms with Gasteiger partial charge in [0.15, 0.2) is 5.16 Å². The molecule has 4 nitrogen and oxygen atoms in total. The van der Waals surface area contributed by atoms with Crippen LogP contribution in [0.3, 0.4) is 0 Å². The van der Waals surface area contributed by atoms with E-state index in [9.17, 15) is 4.79 Å². The van der Waals surface area contributed by atoms with E-state index in [1.165, 1.54) is 4.88 Å². The van der Waals surface area contributed by atoms with Crippen molar-refractivity contribution in [1.82, 2.24) is 14.5 Å². The van der Waals surface area contributed by atoms with E-state index in [1.54, 1.807) is 23.1 Å². The van der Waals surface area contributed by atoms with E-state index in [-0.39, 0.29) is 5.56 Å². The third-order valence-corrected chi connectivity index (χ3v) is 6.16. The summed E-state index contributed by atoms with van der Waals surface area (Å²) in [6, 6.07) is 0. The van der Waals surface area contributed by atoms with Crippen LogP contribution in [0.25, 0.3) is 10.2 Å². The second kappa shape index (κ2) is 7.62. The maximum Gasteiger partial charge on any atom is 0.263 e. The average Bonchev–Trinajstić information content (AvgIpc) is 2.79. The number of thiophene rings is 1. The third kappa shape index (κ3) is 3.39. The summed E-state index contributed by atoms with van der Waals surface area (Å²) in [6.07, 6.45) is 0. The third-order valence-electron chi connectivity index (χ3n) is 4.10. The highest BCUT2D eigenvalue weighted by Crippen LogP contribution is 2.28. The van der Waals surface area contributed by atoms with Crippen LogP contribution in [0.1, 0.15) is 31.2 Å². The molecule has 0 aliphatic rings. The Morgan fingerprint density at radius 1 is 1.23 bits per heavy atom. The highest BCUT2D eigenvalue weighted by molar-refractivity contribution is 7.99. The number of hydrogen-bond donors (Lipinski definition) is 0. The van der Waals surface area contributed by atoms with Crippen LogP contribution in [0, 0.1) is 13.8 Å². The number of aryl methyl sites for hydroxylation is 2. The van der Waals surface area contributed by atoms with Crippen LogP contribution in [-0.4, -0.2) is 39.8 Å². The lowest BCUT2D eigenvalue weighted by atomic mass is 10.2. The zero-order chi connectivity index (χ0) is 16.3. The van der Waals surface area contributed by atoms with Gasteiger partial charge in [-0.1, -0.05) is 25.6 Å². The fourth-order valence-electron chi connectivity index (χ4n) is 2.50. The SMILES string of the molecule is CCN(CC)CCSc1nc2sc(C)c(C)c2c(=O)n1CC. The molecule has 2 aromatic heterocycles. The summed E-state index contributed by atoms with van der Waals surface area (Å²) < 4.78 is 1.81. The first-order valence-corrected chi connectivity index (χ1v) is 9.69. The number of hydrogen-bond acceptors (Lipinski definition) is 5. The van der Waals surface area contributed by atoms with E-state index in [1.807, 2.05) is 18.4 Å². The lowest BCUT2D eigenvalue weighted by molar-refractivity contribution is 0.323. The molecule has 0 atom stereocenters. The van der Waals surface area contributed by atoms with Crippen LogP contribution in [0.5, 0.6) is 0 Å². The Morgan fingerprint density at radius 3 is 2.50 bits per heavy atom. The Hall–Kier alpha value is -0.850. The van der Waals surface area contributed by atoms with Crippen molar-refractivity contribution < 1.29 is 0 Å². The minimum Gasteiger partial charge on any atom is -0.303 e. The molecule has 0 saturated heterocycles. The summed E-state index contributed by atoms with van der Waals surface area (Å²) in [5, 5.41) is 1.66. The molecule has 22 heavy (non-hydrogen) atoms. The molecule has 0 saturated carbocycles. The first kappa shape index (κ1) is 17.5. The molecular formula is C16H25N3OS2. The van der Waals surface area contributed by atoms with E-state index in [0.717, 1.165) is 46.3 Å². The first-order chi connectivity index (χ1) is 10.5. The van der Waals surface area contributed by atoms with Gasteiger partial charge in [-0.05, 0) is 39.4 Å². The lowest BCUT2D eigenvalue weighted by Gasteiger charge is -2.17. The molecule has 0 amide bonds. The minimum atomic E-state index is 0.111. The minimum absolute atomic E-state index is 0.111. The van der Waals surface area contributed by atoms with Gasteiger partial charge in [0, 0.05) is 23.7 Å². The lowest BCUT2D eigenvalue weighted by Crippen LogP contribution is -2.26. The van der Waals surface area contributed by atoms with Gasteiger partial charge in [0.25, 0.3) is 5.56 Å². The Morgan fingerprint density at radius 2 is 1.91 bits per heavy atom. The van der Waals surface area contributed by atoms with Gasteiger partial charge in [0.2, 0.25) is 0 Å². The molecule has 2 heterocycles. The highest BCUT2D eigenvalue weighted by Gasteiger charge is 2.16. The predicted octanol–water partition coefficient (Wildman–Crippen LogP) is 3.53. The molecular weight excluding hydrogens is 314 g/mol. The summed E-state index contributed by atoms with van der Waals surface area (Å²) in [7, 11) is 0. The van der Waals surface area contributed by atoms with Gasteiger partial charge in [0.05, 0.1) is 5.39 Å². The van der Waals surface area contributed by atoms with Crippen LogP contribution in [0.15, 0.2) is 9.95 Å². The standard InChI is InChI=1S/C16H25N3OS2/c1-6-18(7-2)9-10-21-16-17-14-13(11(4)12(5)22-14)15(20)19(16)8-3/h6-10H2,1-5H3. The van der Waals surface area contributed by atoms with Gasteiger partial charge in [-0.25, -0.2) is 4.98 Å². The number of aromatic nitrogens is 2. The van der Waals surface area contributed by atoms with Crippen molar-refractivity contribution in [2.45, 2.75) is 46.3 Å². The fourth-order valence-corrected chi connectivity index (χ4v) is 4.64. The van der Waals surface area contributed by atoms with E-state index >= 15 is 0 Å². The van der Waals surface area contributed by atoms with Crippen molar-refractivity contribution in [3.05, 3.63) is 20.8 Å². The highest BCUT2D eigenvalue weighted by atomic mass is 32.2. The summed E-state index contributed by atoms with van der Waals surface area (Å²) in [6.45, 7) is 14.3. The quantitative estimate of drug-likeness (QED) is 0.571. The smallest absolute Gasteiger partial charge is 0.263 e. The van der Waals surface area contributed by atoms with Crippen molar-refractivity contribution in [3.8, 4) is 0 Å². The van der Waals surface area contributed by atoms with Crippen LogP contribution >= 0.6 is 23.1 Å². The second-order valence-corrected chi connectivity index (χ2v) is 7.55. The second-order valence-electron chi connectivity index (χ2n) is 5.28. The summed E-state index contributed by atoms with van der Waals surface area (Å²) >= 11 is 3.32. The van der Waals surface area contributed by atoms with Crippen LogP contribution in [0.4, 0.5) is 0 Å². The van der Waals surface area contributed by atoms with E-state index in [4.69, 9.17) is 4.98 Å². The number of thioether (sulfide) groups is 1. The Balaban J connectivity index is 2.31. The zero-order valence-corrected chi connectivity index (χ0v) is 15.7. The Kier molecular flexibility index (Phi) is 6.06. The van der Waals surface area contributed by atoms with Crippen molar-refractivity contribution in [1.29, 1.82) is 0 Å². The molecule has 0 N–H and O–H groups in total. The molecule has 122 valence electrons. The molecule has 0 fully saturated rings. The van der Waals surface area contributed by atoms with Crippen LogP contribution in [0.2, 0.25) is 0 Å². The average molecular weight is 340 g/mol. The number of rotatable bonds is 7. The number of fused-ring (bicyclic) bond motifs is 1. The Bertz CT molecular complexity index is 701. The largest absolute Gasteiger partial charge is 0.303 e. The molecule has 6 heteroatoms. The van der Waals surface area contributed by atoms with Gasteiger partial charge in [-0.2, -0.15) is 0 Å². The molecule has 0 aliphatic carbocycles. The van der Waals surface area contributed by atoms with E-state index in [2.05, 4.69) is 25.7 Å². The molecule has 0 aliphatic heterocycles. The van der Waals surface area contributed by atoms with Crippen LogP contribution in [-0.2, 0) is 6.54 Å². The number of nitrogens with zero attached hydrogens (tertiary/aromatic N) is 3. The van der Waals surface area contributed by atoms with Crippen LogP contribution < -0.4 is 5.56 Å². The molecule has 0 unspecified atom stereocenters. The van der Waals surface area contributed by atoms with Gasteiger partial charge in [0.1, 0.15) is 4.83 Å². The molecule has 0 aromatic carbocycles. The topological polar surface area (TPSA) is 38.1 Å². The molecule has 0 spiro atoms. The Labute approximate surface area is 140 Å². The van der Waals surface area contributed by atoms with Crippen molar-refractivity contribution >= 4 is 33.3 Å². The maximum atomic E-state index is 12.7. The summed E-state index contributed by atoms with van der Waals surface area (Å²) in [5.74, 6) is 0.961. The first-order valence-electron chi connectivity index (χ1n) is 7.89. The van der Waals surface area contributed by atoms with E-state index in [0.29, 0.717) is 6.54 Å². The van der Waals surface area contributed by atoms with E-state index < -0.39 is 0 Å². The molecule has 2 aromatic rings. The van der Waals surface area contributed by atoms with Crippen molar-refractivity contribution in [2.75, 3.05) is 25.4 Å². The molecule has 0 bridgehead atoms. The molecule has 0 radical (unpaired) electrons. The zero-order valence-electron chi connectivity index (χ0n) is 14.1. The maximum absolute atomic E-state index is 12.7. The monoisotopic (exact) mass is 339 g/mol. The fraction of sp³-hybridized carbons (Fsp3) is 0.625. The van der Waals surface area contributed by atoms with Gasteiger partial charge < -0.3 is 4.90 Å². The normalized spacial score (nSPS) is 11.7. The van der Waals surface area contributed by atoms with Gasteiger partial charge in [-0.15, -0.1) is 11.3 Å². The summed E-state index contributed by atoms with van der Waals surface area (Å²) in [4.78, 5) is 22.0. The molecule has 2 rings (SSSR count). The summed E-state index contributed by atoms with van der Waals surface area (Å²) in [5.41, 5.74) is 1.19. The van der Waals surface area contributed by atoms with Crippen molar-refractivity contribution in [3.63, 3.8) is 0 Å². The predicted molar refractivity (Wildman–Crippen MR) is 97.5 cm³/mol. The van der Waals surface area contributed by atoms with Gasteiger partial charge >= 0.3 is 0 Å².